The minimum atomic E-state index is -0.444. The van der Waals surface area contributed by atoms with Gasteiger partial charge in [0.2, 0.25) is 5.91 Å². The second kappa shape index (κ2) is 3.90. The first-order valence-corrected chi connectivity index (χ1v) is 4.57. The average molecular weight is 171 g/mol. The standard InChI is InChI=1S/C9H17NO2/c1-6(11)5-10-9(12)7(2)8-3-4-8/h6-8,11H,3-5H2,1-2H3,(H,10,12)/t6-,7?/m1/s1. The molecule has 70 valence electrons. The normalized spacial score (nSPS) is 21.6. The van der Waals surface area contributed by atoms with Gasteiger partial charge in [-0.25, -0.2) is 0 Å². The lowest BCUT2D eigenvalue weighted by molar-refractivity contribution is -0.125. The van der Waals surface area contributed by atoms with Crippen LogP contribution in [0.15, 0.2) is 0 Å². The Morgan fingerprint density at radius 3 is 2.58 bits per heavy atom. The van der Waals surface area contributed by atoms with Crippen LogP contribution in [0.2, 0.25) is 0 Å². The quantitative estimate of drug-likeness (QED) is 0.648. The Balaban J connectivity index is 2.17. The van der Waals surface area contributed by atoms with E-state index >= 15 is 0 Å². The molecule has 12 heavy (non-hydrogen) atoms. The van der Waals surface area contributed by atoms with Crippen LogP contribution in [0.5, 0.6) is 0 Å². The van der Waals surface area contributed by atoms with E-state index in [1.165, 1.54) is 12.8 Å². The summed E-state index contributed by atoms with van der Waals surface area (Å²) in [6.07, 6.45) is 1.92. The van der Waals surface area contributed by atoms with Gasteiger partial charge in [0.15, 0.2) is 0 Å². The Kier molecular flexibility index (Phi) is 3.09. The molecule has 0 aliphatic heterocycles. The van der Waals surface area contributed by atoms with Crippen LogP contribution in [-0.2, 0) is 4.79 Å². The predicted octanol–water partition coefficient (Wildman–Crippen LogP) is 0.529. The molecule has 1 aliphatic rings. The zero-order valence-electron chi connectivity index (χ0n) is 7.71. The summed E-state index contributed by atoms with van der Waals surface area (Å²) >= 11 is 0. The molecule has 2 N–H and O–H groups in total. The number of carbonyl (C=O) groups is 1. The molecular weight excluding hydrogens is 154 g/mol. The Labute approximate surface area is 73.2 Å². The molecule has 0 aromatic rings. The van der Waals surface area contributed by atoms with Crippen LogP contribution < -0.4 is 5.32 Å². The van der Waals surface area contributed by atoms with Crippen molar-refractivity contribution in [2.45, 2.75) is 32.8 Å². The van der Waals surface area contributed by atoms with E-state index in [1.54, 1.807) is 6.92 Å². The molecule has 0 radical (unpaired) electrons. The number of nitrogens with one attached hydrogen (secondary N) is 1. The van der Waals surface area contributed by atoms with Crippen molar-refractivity contribution in [1.82, 2.24) is 5.32 Å². The molecule has 1 fully saturated rings. The molecule has 1 amide bonds. The highest BCUT2D eigenvalue weighted by molar-refractivity contribution is 5.78. The van der Waals surface area contributed by atoms with Crippen molar-refractivity contribution in [3.05, 3.63) is 0 Å². The predicted molar refractivity (Wildman–Crippen MR) is 46.6 cm³/mol. The van der Waals surface area contributed by atoms with Crippen LogP contribution in [0, 0.1) is 11.8 Å². The topological polar surface area (TPSA) is 49.3 Å². The maximum absolute atomic E-state index is 11.3. The van der Waals surface area contributed by atoms with Gasteiger partial charge in [-0.3, -0.25) is 4.79 Å². The van der Waals surface area contributed by atoms with Gasteiger partial charge in [-0.05, 0) is 25.7 Å². The van der Waals surface area contributed by atoms with Crippen molar-refractivity contribution in [2.75, 3.05) is 6.54 Å². The molecule has 2 atom stereocenters. The fourth-order valence-corrected chi connectivity index (χ4v) is 1.22. The lowest BCUT2D eigenvalue weighted by atomic mass is 10.1. The van der Waals surface area contributed by atoms with Crippen molar-refractivity contribution in [3.63, 3.8) is 0 Å². The highest BCUT2D eigenvalue weighted by atomic mass is 16.3. The zero-order valence-corrected chi connectivity index (χ0v) is 7.71. The molecule has 0 heterocycles. The fraction of sp³-hybridized carbons (Fsp3) is 0.889. The Morgan fingerprint density at radius 1 is 1.58 bits per heavy atom. The van der Waals surface area contributed by atoms with Crippen molar-refractivity contribution in [2.24, 2.45) is 11.8 Å². The van der Waals surface area contributed by atoms with Crippen LogP contribution in [0.4, 0.5) is 0 Å². The highest BCUT2D eigenvalue weighted by Crippen LogP contribution is 2.36. The summed E-state index contributed by atoms with van der Waals surface area (Å²) in [5.74, 6) is 0.807. The fourth-order valence-electron chi connectivity index (χ4n) is 1.22. The Morgan fingerprint density at radius 2 is 2.17 bits per heavy atom. The number of hydrogen-bond acceptors (Lipinski definition) is 2. The molecule has 0 saturated heterocycles. The second-order valence-electron chi connectivity index (χ2n) is 3.72. The zero-order chi connectivity index (χ0) is 9.14. The van der Waals surface area contributed by atoms with E-state index in [1.807, 2.05) is 6.92 Å². The van der Waals surface area contributed by atoms with Gasteiger partial charge in [-0.2, -0.15) is 0 Å². The molecule has 1 aliphatic carbocycles. The van der Waals surface area contributed by atoms with Crippen LogP contribution in [-0.4, -0.2) is 23.7 Å². The molecule has 3 heteroatoms. The molecular formula is C9H17NO2. The monoisotopic (exact) mass is 171 g/mol. The SMILES string of the molecule is CC(C(=O)NC[C@@H](C)O)C1CC1. The molecule has 0 bridgehead atoms. The first-order chi connectivity index (χ1) is 5.61. The van der Waals surface area contributed by atoms with Crippen LogP contribution in [0.25, 0.3) is 0 Å². The first-order valence-electron chi connectivity index (χ1n) is 4.57. The highest BCUT2D eigenvalue weighted by Gasteiger charge is 2.32. The summed E-state index contributed by atoms with van der Waals surface area (Å²) in [6.45, 7) is 3.99. The number of hydrogen-bond donors (Lipinski definition) is 2. The minimum absolute atomic E-state index is 0.0819. The summed E-state index contributed by atoms with van der Waals surface area (Å²) in [5, 5.41) is 11.6. The van der Waals surface area contributed by atoms with E-state index in [0.29, 0.717) is 12.5 Å². The van der Waals surface area contributed by atoms with Gasteiger partial charge < -0.3 is 10.4 Å². The van der Waals surface area contributed by atoms with Gasteiger partial charge in [0, 0.05) is 12.5 Å². The van der Waals surface area contributed by atoms with E-state index in [0.717, 1.165) is 0 Å². The largest absolute Gasteiger partial charge is 0.392 e. The van der Waals surface area contributed by atoms with Crippen molar-refractivity contribution in [1.29, 1.82) is 0 Å². The maximum Gasteiger partial charge on any atom is 0.223 e. The third-order valence-electron chi connectivity index (χ3n) is 2.31. The van der Waals surface area contributed by atoms with E-state index in [-0.39, 0.29) is 11.8 Å². The molecule has 1 rings (SSSR count). The van der Waals surface area contributed by atoms with E-state index in [9.17, 15) is 4.79 Å². The Bertz CT molecular complexity index is 164. The minimum Gasteiger partial charge on any atom is -0.392 e. The van der Waals surface area contributed by atoms with Crippen molar-refractivity contribution >= 4 is 5.91 Å². The van der Waals surface area contributed by atoms with Gasteiger partial charge >= 0.3 is 0 Å². The number of aliphatic hydroxyl groups excluding tert-OH is 1. The van der Waals surface area contributed by atoms with E-state index < -0.39 is 6.10 Å². The summed E-state index contributed by atoms with van der Waals surface area (Å²) in [4.78, 5) is 11.3. The summed E-state index contributed by atoms with van der Waals surface area (Å²) in [5.41, 5.74) is 0. The summed E-state index contributed by atoms with van der Waals surface area (Å²) < 4.78 is 0. The van der Waals surface area contributed by atoms with E-state index in [4.69, 9.17) is 5.11 Å². The van der Waals surface area contributed by atoms with Gasteiger partial charge in [-0.1, -0.05) is 6.92 Å². The van der Waals surface area contributed by atoms with Crippen LogP contribution in [0.1, 0.15) is 26.7 Å². The van der Waals surface area contributed by atoms with Gasteiger partial charge in [-0.15, -0.1) is 0 Å². The summed E-state index contributed by atoms with van der Waals surface area (Å²) in [7, 11) is 0. The van der Waals surface area contributed by atoms with Crippen molar-refractivity contribution < 1.29 is 9.90 Å². The van der Waals surface area contributed by atoms with Crippen LogP contribution in [0.3, 0.4) is 0 Å². The Hall–Kier alpha value is -0.570. The molecule has 1 unspecified atom stereocenters. The number of aliphatic hydroxyl groups is 1. The number of carbonyl (C=O) groups excluding carboxylic acids is 1. The maximum atomic E-state index is 11.3. The molecule has 1 saturated carbocycles. The van der Waals surface area contributed by atoms with Gasteiger partial charge in [0.25, 0.3) is 0 Å². The number of rotatable bonds is 4. The van der Waals surface area contributed by atoms with E-state index in [2.05, 4.69) is 5.32 Å². The molecule has 0 aromatic carbocycles. The molecule has 0 aromatic heterocycles. The smallest absolute Gasteiger partial charge is 0.223 e. The van der Waals surface area contributed by atoms with Gasteiger partial charge in [0.1, 0.15) is 0 Å². The summed E-state index contributed by atoms with van der Waals surface area (Å²) in [6, 6.07) is 0. The first kappa shape index (κ1) is 9.52. The second-order valence-corrected chi connectivity index (χ2v) is 3.72. The molecule has 0 spiro atoms. The number of amides is 1. The average Bonchev–Trinajstić information content (AvgIpc) is 2.80. The lowest BCUT2D eigenvalue weighted by Crippen LogP contribution is -2.35. The van der Waals surface area contributed by atoms with Crippen LogP contribution >= 0.6 is 0 Å². The third-order valence-corrected chi connectivity index (χ3v) is 2.31. The molecule has 3 nitrogen and oxygen atoms in total. The lowest BCUT2D eigenvalue weighted by Gasteiger charge is -2.11. The third kappa shape index (κ3) is 2.81. The van der Waals surface area contributed by atoms with Crippen molar-refractivity contribution in [3.8, 4) is 0 Å². The van der Waals surface area contributed by atoms with Gasteiger partial charge in [0.05, 0.1) is 6.10 Å².